The van der Waals surface area contributed by atoms with Gasteiger partial charge in [0.2, 0.25) is 0 Å². The Labute approximate surface area is 66.2 Å². The van der Waals surface area contributed by atoms with E-state index in [4.69, 9.17) is 0 Å². The molecule has 0 amide bonds. The molecule has 0 aliphatic heterocycles. The van der Waals surface area contributed by atoms with Gasteiger partial charge in [-0.1, -0.05) is 19.2 Å². The summed E-state index contributed by atoms with van der Waals surface area (Å²) in [4.78, 5) is 4.05. The first-order valence-corrected chi connectivity index (χ1v) is 3.33. The lowest BCUT2D eigenvalue weighted by Gasteiger charge is -1.93. The molecule has 0 atom stereocenters. The van der Waals surface area contributed by atoms with Crippen molar-refractivity contribution < 1.29 is 0 Å². The molecule has 0 bridgehead atoms. The molecule has 2 heteroatoms. The molecule has 11 heavy (non-hydrogen) atoms. The predicted octanol–water partition coefficient (Wildman–Crippen LogP) is 2.18. The molecule has 0 aromatic carbocycles. The predicted molar refractivity (Wildman–Crippen MR) is 47.8 cm³/mol. The van der Waals surface area contributed by atoms with Crippen LogP contribution in [0.2, 0.25) is 0 Å². The Morgan fingerprint density at radius 1 is 1.45 bits per heavy atom. The van der Waals surface area contributed by atoms with Crippen LogP contribution in [0, 0.1) is 0 Å². The molecule has 1 aromatic rings. The van der Waals surface area contributed by atoms with Gasteiger partial charge in [0.25, 0.3) is 0 Å². The number of hydrogen-bond acceptors (Lipinski definition) is 1. The van der Waals surface area contributed by atoms with E-state index in [1.165, 1.54) is 0 Å². The van der Waals surface area contributed by atoms with Gasteiger partial charge in [0.15, 0.2) is 0 Å². The third-order valence-corrected chi connectivity index (χ3v) is 1.26. The van der Waals surface area contributed by atoms with Gasteiger partial charge in [0, 0.05) is 18.6 Å². The van der Waals surface area contributed by atoms with E-state index in [0.717, 1.165) is 5.82 Å². The van der Waals surface area contributed by atoms with E-state index in [0.29, 0.717) is 0 Å². The van der Waals surface area contributed by atoms with Crippen LogP contribution >= 0.6 is 0 Å². The normalized spacial score (nSPS) is 10.2. The Hall–Kier alpha value is -1.57. The van der Waals surface area contributed by atoms with E-state index in [1.807, 2.05) is 23.0 Å². The fourth-order valence-electron chi connectivity index (χ4n) is 0.762. The fourth-order valence-corrected chi connectivity index (χ4v) is 0.762. The van der Waals surface area contributed by atoms with Crippen LogP contribution in [-0.4, -0.2) is 9.55 Å². The first kappa shape index (κ1) is 7.54. The average molecular weight is 146 g/mol. The highest BCUT2D eigenvalue weighted by molar-refractivity contribution is 5.43. The molecule has 0 aliphatic rings. The molecule has 2 nitrogen and oxygen atoms in total. The van der Waals surface area contributed by atoms with E-state index in [9.17, 15) is 0 Å². The molecule has 0 spiro atoms. The van der Waals surface area contributed by atoms with Gasteiger partial charge in [0.05, 0.1) is 0 Å². The molecule has 0 saturated heterocycles. The second kappa shape index (κ2) is 3.56. The van der Waals surface area contributed by atoms with Gasteiger partial charge in [-0.25, -0.2) is 4.98 Å². The summed E-state index contributed by atoms with van der Waals surface area (Å²) in [5, 5.41) is 0. The number of aromatic nitrogens is 2. The minimum Gasteiger partial charge on any atom is -0.307 e. The number of hydrogen-bond donors (Lipinski definition) is 0. The van der Waals surface area contributed by atoms with E-state index in [-0.39, 0.29) is 0 Å². The summed E-state index contributed by atoms with van der Waals surface area (Å²) in [6.07, 6.45) is 10.7. The molecule has 0 fully saturated rings. The van der Waals surface area contributed by atoms with Crippen molar-refractivity contribution in [2.45, 2.75) is 0 Å². The van der Waals surface area contributed by atoms with Crippen molar-refractivity contribution in [3.8, 4) is 0 Å². The molecular formula is C9H10N2. The van der Waals surface area contributed by atoms with Crippen molar-refractivity contribution in [1.29, 1.82) is 0 Å². The van der Waals surface area contributed by atoms with Crippen LogP contribution in [0.4, 0.5) is 0 Å². The second-order valence-corrected chi connectivity index (χ2v) is 1.97. The van der Waals surface area contributed by atoms with E-state index in [1.54, 1.807) is 18.3 Å². The SMILES string of the molecule is C=C/C=C\n1ccnc1C=C. The lowest BCUT2D eigenvalue weighted by Crippen LogP contribution is -1.86. The van der Waals surface area contributed by atoms with Crippen LogP contribution in [0.1, 0.15) is 5.82 Å². The summed E-state index contributed by atoms with van der Waals surface area (Å²) in [6, 6.07) is 0. The minimum absolute atomic E-state index is 0.836. The number of allylic oxidation sites excluding steroid dienone is 2. The summed E-state index contributed by atoms with van der Waals surface area (Å²) >= 11 is 0. The maximum atomic E-state index is 4.05. The van der Waals surface area contributed by atoms with E-state index < -0.39 is 0 Å². The van der Waals surface area contributed by atoms with Crippen molar-refractivity contribution in [3.63, 3.8) is 0 Å². The topological polar surface area (TPSA) is 17.8 Å². The van der Waals surface area contributed by atoms with Gasteiger partial charge < -0.3 is 4.57 Å². The monoisotopic (exact) mass is 146 g/mol. The number of imidazole rings is 1. The highest BCUT2D eigenvalue weighted by Gasteiger charge is 1.90. The van der Waals surface area contributed by atoms with Gasteiger partial charge in [0.1, 0.15) is 5.82 Å². The van der Waals surface area contributed by atoms with Crippen LogP contribution in [0.5, 0.6) is 0 Å². The summed E-state index contributed by atoms with van der Waals surface area (Å²) in [6.45, 7) is 7.20. The Bertz CT molecular complexity index is 282. The van der Waals surface area contributed by atoms with Gasteiger partial charge in [-0.15, -0.1) is 0 Å². The average Bonchev–Trinajstić information content (AvgIpc) is 2.47. The van der Waals surface area contributed by atoms with E-state index >= 15 is 0 Å². The molecule has 1 heterocycles. The second-order valence-electron chi connectivity index (χ2n) is 1.97. The van der Waals surface area contributed by atoms with Crippen LogP contribution in [0.15, 0.2) is 37.7 Å². The van der Waals surface area contributed by atoms with Gasteiger partial charge in [-0.2, -0.15) is 0 Å². The van der Waals surface area contributed by atoms with Crippen LogP contribution < -0.4 is 0 Å². The molecule has 0 aliphatic carbocycles. The molecular weight excluding hydrogens is 136 g/mol. The van der Waals surface area contributed by atoms with Crippen molar-refractivity contribution in [2.75, 3.05) is 0 Å². The maximum Gasteiger partial charge on any atom is 0.136 e. The standard InChI is InChI=1S/C9H10N2/c1-3-5-7-11-8-6-10-9(11)4-2/h3-8H,1-2H2/b7-5-. The summed E-state index contributed by atoms with van der Waals surface area (Å²) in [5.41, 5.74) is 0. The Balaban J connectivity index is 2.92. The largest absolute Gasteiger partial charge is 0.307 e. The van der Waals surface area contributed by atoms with Gasteiger partial charge >= 0.3 is 0 Å². The summed E-state index contributed by atoms with van der Waals surface area (Å²) < 4.78 is 1.87. The summed E-state index contributed by atoms with van der Waals surface area (Å²) in [7, 11) is 0. The Kier molecular flexibility index (Phi) is 2.44. The smallest absolute Gasteiger partial charge is 0.136 e. The van der Waals surface area contributed by atoms with Gasteiger partial charge in [-0.05, 0) is 12.2 Å². The zero-order chi connectivity index (χ0) is 8.10. The van der Waals surface area contributed by atoms with Crippen molar-refractivity contribution in [1.82, 2.24) is 9.55 Å². The zero-order valence-corrected chi connectivity index (χ0v) is 6.27. The first-order valence-electron chi connectivity index (χ1n) is 3.33. The molecule has 0 saturated carbocycles. The fraction of sp³-hybridized carbons (Fsp3) is 0. The third kappa shape index (κ3) is 1.67. The molecule has 1 rings (SSSR count). The highest BCUT2D eigenvalue weighted by Crippen LogP contribution is 1.98. The third-order valence-electron chi connectivity index (χ3n) is 1.26. The zero-order valence-electron chi connectivity index (χ0n) is 6.27. The molecule has 0 unspecified atom stereocenters. The molecule has 0 radical (unpaired) electrons. The maximum absolute atomic E-state index is 4.05. The van der Waals surface area contributed by atoms with Crippen molar-refractivity contribution >= 4 is 12.3 Å². The summed E-state index contributed by atoms with van der Waals surface area (Å²) in [5.74, 6) is 0.836. The lowest BCUT2D eigenvalue weighted by atomic mass is 10.5. The van der Waals surface area contributed by atoms with Crippen molar-refractivity contribution in [3.05, 3.63) is 43.5 Å². The molecule has 0 N–H and O–H groups in total. The van der Waals surface area contributed by atoms with Crippen LogP contribution in [0.25, 0.3) is 12.3 Å². The van der Waals surface area contributed by atoms with Crippen molar-refractivity contribution in [2.24, 2.45) is 0 Å². The molecule has 1 aromatic heterocycles. The highest BCUT2D eigenvalue weighted by atomic mass is 15.0. The lowest BCUT2D eigenvalue weighted by molar-refractivity contribution is 1.11. The van der Waals surface area contributed by atoms with Gasteiger partial charge in [-0.3, -0.25) is 0 Å². The van der Waals surface area contributed by atoms with Crippen LogP contribution in [-0.2, 0) is 0 Å². The first-order chi connectivity index (χ1) is 5.38. The quantitative estimate of drug-likeness (QED) is 0.597. The number of nitrogens with zero attached hydrogens (tertiary/aromatic N) is 2. The molecule has 56 valence electrons. The van der Waals surface area contributed by atoms with E-state index in [2.05, 4.69) is 18.1 Å². The minimum atomic E-state index is 0.836. The number of rotatable bonds is 3. The Morgan fingerprint density at radius 2 is 2.27 bits per heavy atom. The van der Waals surface area contributed by atoms with Crippen LogP contribution in [0.3, 0.4) is 0 Å². The Morgan fingerprint density at radius 3 is 2.91 bits per heavy atom.